The molecule has 3 nitrogen and oxygen atoms in total. The van der Waals surface area contributed by atoms with Gasteiger partial charge in [0.2, 0.25) is 0 Å². The van der Waals surface area contributed by atoms with Gasteiger partial charge in [-0.15, -0.1) is 0 Å². The quantitative estimate of drug-likeness (QED) is 0.799. The molecular weight excluding hydrogens is 276 g/mol. The number of aryl methyl sites for hydroxylation is 1. The van der Waals surface area contributed by atoms with Crippen LogP contribution in [0.1, 0.15) is 34.0 Å². The van der Waals surface area contributed by atoms with Crippen LogP contribution in [-0.4, -0.2) is 23.6 Å². The molecule has 2 fully saturated rings. The molecule has 5 rings (SSSR count). The van der Waals surface area contributed by atoms with Crippen LogP contribution < -0.4 is 0 Å². The van der Waals surface area contributed by atoms with Crippen molar-refractivity contribution in [2.45, 2.75) is 36.8 Å². The van der Waals surface area contributed by atoms with E-state index >= 15 is 0 Å². The highest BCUT2D eigenvalue weighted by Gasteiger charge is 2.71. The molecule has 2 aromatic rings. The van der Waals surface area contributed by atoms with E-state index in [-0.39, 0.29) is 24.1 Å². The lowest BCUT2D eigenvalue weighted by Gasteiger charge is -2.20. The molecule has 0 saturated carbocycles. The molecule has 3 aliphatic rings. The molecule has 2 aromatic carbocycles. The predicted molar refractivity (Wildman–Crippen MR) is 80.8 cm³/mol. The zero-order chi connectivity index (χ0) is 14.7. The third-order valence-corrected chi connectivity index (χ3v) is 5.10. The van der Waals surface area contributed by atoms with Crippen molar-refractivity contribution in [3.63, 3.8) is 0 Å². The Hall–Kier alpha value is -1.97. The summed E-state index contributed by atoms with van der Waals surface area (Å²) in [5.41, 5.74) is 2.52. The Balaban J connectivity index is 1.38. The van der Waals surface area contributed by atoms with Gasteiger partial charge in [-0.25, -0.2) is 0 Å². The van der Waals surface area contributed by atoms with Crippen molar-refractivity contribution in [2.24, 2.45) is 0 Å². The van der Waals surface area contributed by atoms with Crippen molar-refractivity contribution in [2.75, 3.05) is 0 Å². The summed E-state index contributed by atoms with van der Waals surface area (Å²) >= 11 is 0. The van der Waals surface area contributed by atoms with Crippen LogP contribution in [0.15, 0.2) is 54.6 Å². The van der Waals surface area contributed by atoms with Crippen LogP contribution in [0.25, 0.3) is 0 Å². The first kappa shape index (κ1) is 12.6. The van der Waals surface area contributed by atoms with E-state index in [2.05, 4.69) is 12.1 Å². The van der Waals surface area contributed by atoms with Crippen LogP contribution in [0.2, 0.25) is 0 Å². The molecule has 22 heavy (non-hydrogen) atoms. The van der Waals surface area contributed by atoms with Gasteiger partial charge in [0.05, 0.1) is 0 Å². The topological polar surface area (TPSA) is 42.1 Å². The zero-order valence-corrected chi connectivity index (χ0v) is 12.1. The van der Waals surface area contributed by atoms with E-state index < -0.39 is 5.60 Å². The predicted octanol–water partition coefficient (Wildman–Crippen LogP) is 3.09. The third-order valence-electron chi connectivity index (χ3n) is 5.10. The molecule has 3 heteroatoms. The number of ether oxygens (including phenoxy) is 2. The van der Waals surface area contributed by atoms with Crippen molar-refractivity contribution >= 4 is 5.78 Å². The Morgan fingerprint density at radius 1 is 1.00 bits per heavy atom. The second-order valence-electron chi connectivity index (χ2n) is 6.35. The van der Waals surface area contributed by atoms with Gasteiger partial charge in [0.25, 0.3) is 0 Å². The molecular formula is C19H16O3. The number of ketones is 1. The normalized spacial score (nSPS) is 35.3. The van der Waals surface area contributed by atoms with Crippen molar-refractivity contribution in [1.29, 1.82) is 0 Å². The fraction of sp³-hybridized carbons (Fsp3) is 0.316. The Morgan fingerprint density at radius 3 is 2.64 bits per heavy atom. The van der Waals surface area contributed by atoms with E-state index in [0.29, 0.717) is 0 Å². The van der Waals surface area contributed by atoms with Crippen molar-refractivity contribution in [1.82, 2.24) is 0 Å². The highest BCUT2D eigenvalue weighted by molar-refractivity contribution is 6.07. The van der Waals surface area contributed by atoms with Crippen LogP contribution in [-0.2, 0) is 15.9 Å². The lowest BCUT2D eigenvalue weighted by molar-refractivity contribution is 0.0850. The first-order chi connectivity index (χ1) is 10.8. The third kappa shape index (κ3) is 1.67. The molecule has 0 aromatic heterocycles. The highest BCUT2D eigenvalue weighted by atomic mass is 16.7. The number of fused-ring (bicyclic) bond motifs is 1. The lowest BCUT2D eigenvalue weighted by atomic mass is 9.79. The van der Waals surface area contributed by atoms with Crippen LogP contribution >= 0.6 is 0 Å². The van der Waals surface area contributed by atoms with Crippen LogP contribution in [0.3, 0.4) is 0 Å². The molecule has 0 amide bonds. The maximum absolute atomic E-state index is 12.8. The Kier molecular flexibility index (Phi) is 2.44. The van der Waals surface area contributed by atoms with Crippen LogP contribution in [0, 0.1) is 0 Å². The first-order valence-electron chi connectivity index (χ1n) is 7.80. The summed E-state index contributed by atoms with van der Waals surface area (Å²) in [5.74, 6) is 0.140. The van der Waals surface area contributed by atoms with E-state index in [1.54, 1.807) is 0 Å². The average Bonchev–Trinajstić information content (AvgIpc) is 3.47. The van der Waals surface area contributed by atoms with E-state index in [0.717, 1.165) is 24.0 Å². The highest BCUT2D eigenvalue weighted by Crippen LogP contribution is 2.56. The molecule has 2 aliphatic heterocycles. The Bertz CT molecular complexity index is 754. The average molecular weight is 292 g/mol. The summed E-state index contributed by atoms with van der Waals surface area (Å²) in [6.45, 7) is 0. The Labute approximate surface area is 128 Å². The van der Waals surface area contributed by atoms with Gasteiger partial charge in [0, 0.05) is 5.56 Å². The lowest BCUT2D eigenvalue weighted by Crippen LogP contribution is -2.34. The number of epoxide rings is 2. The molecule has 1 spiro atoms. The summed E-state index contributed by atoms with van der Waals surface area (Å²) in [5, 5.41) is 0. The molecule has 0 radical (unpaired) electrons. The summed E-state index contributed by atoms with van der Waals surface area (Å²) in [6.07, 6.45) is 1.70. The fourth-order valence-electron chi connectivity index (χ4n) is 3.80. The smallest absolute Gasteiger partial charge is 0.197 e. The van der Waals surface area contributed by atoms with Crippen molar-refractivity contribution in [3.8, 4) is 0 Å². The van der Waals surface area contributed by atoms with Gasteiger partial charge in [-0.3, -0.25) is 4.79 Å². The number of carbonyl (C=O) groups is 1. The molecule has 2 heterocycles. The maximum Gasteiger partial charge on any atom is 0.197 e. The second kappa shape index (κ2) is 4.28. The molecule has 0 N–H and O–H groups in total. The summed E-state index contributed by atoms with van der Waals surface area (Å²) < 4.78 is 11.7. The van der Waals surface area contributed by atoms with Crippen LogP contribution in [0.4, 0.5) is 0 Å². The molecule has 0 bridgehead atoms. The molecule has 110 valence electrons. The van der Waals surface area contributed by atoms with Crippen LogP contribution in [0.5, 0.6) is 0 Å². The number of rotatable bonds is 2. The Morgan fingerprint density at radius 2 is 1.77 bits per heavy atom. The van der Waals surface area contributed by atoms with Gasteiger partial charge in [-0.1, -0.05) is 54.6 Å². The van der Waals surface area contributed by atoms with Gasteiger partial charge >= 0.3 is 0 Å². The minimum Gasteiger partial charge on any atom is -0.362 e. The molecule has 4 atom stereocenters. The van der Waals surface area contributed by atoms with E-state index in [1.807, 2.05) is 42.5 Å². The van der Waals surface area contributed by atoms with Gasteiger partial charge in [-0.2, -0.15) is 0 Å². The second-order valence-corrected chi connectivity index (χ2v) is 6.35. The SMILES string of the molecule is O=C1c2ccccc2CC[C@]12O[C@H]2[C@H]1O[C@@H]1c1ccccc1. The molecule has 2 saturated heterocycles. The molecule has 0 unspecified atom stereocenters. The molecule has 1 aliphatic carbocycles. The van der Waals surface area contributed by atoms with Gasteiger partial charge in [0.15, 0.2) is 11.4 Å². The number of hydrogen-bond acceptors (Lipinski definition) is 3. The van der Waals surface area contributed by atoms with Gasteiger partial charge in [-0.05, 0) is 24.0 Å². The zero-order valence-electron chi connectivity index (χ0n) is 12.1. The number of Topliss-reactive ketones (excluding diaryl/α,β-unsaturated/α-hetero) is 1. The minimum atomic E-state index is -0.622. The number of hydrogen-bond donors (Lipinski definition) is 0. The van der Waals surface area contributed by atoms with Gasteiger partial charge < -0.3 is 9.47 Å². The first-order valence-corrected chi connectivity index (χ1v) is 7.80. The largest absolute Gasteiger partial charge is 0.362 e. The maximum atomic E-state index is 12.8. The summed E-state index contributed by atoms with van der Waals surface area (Å²) in [7, 11) is 0. The van der Waals surface area contributed by atoms with E-state index in [9.17, 15) is 4.79 Å². The van der Waals surface area contributed by atoms with Gasteiger partial charge in [0.1, 0.15) is 18.3 Å². The minimum absolute atomic E-state index is 0.0246. The summed E-state index contributed by atoms with van der Waals surface area (Å²) in [4.78, 5) is 12.8. The number of carbonyl (C=O) groups excluding carboxylic acids is 1. The fourth-order valence-corrected chi connectivity index (χ4v) is 3.80. The standard InChI is InChI=1S/C19H16O3/c20-17-14-9-5-4-6-12(14)10-11-19(17)18(22-19)16-15(21-16)13-7-2-1-3-8-13/h1-9,15-16,18H,10-11H2/t15-,16+,18+,19+/m1/s1. The number of benzene rings is 2. The monoisotopic (exact) mass is 292 g/mol. The summed E-state index contributed by atoms with van der Waals surface area (Å²) in [6, 6.07) is 18.0. The van der Waals surface area contributed by atoms with Crippen molar-refractivity contribution in [3.05, 3.63) is 71.3 Å². The van der Waals surface area contributed by atoms with Crippen molar-refractivity contribution < 1.29 is 14.3 Å². The van der Waals surface area contributed by atoms with E-state index in [1.165, 1.54) is 5.56 Å². The van der Waals surface area contributed by atoms with E-state index in [4.69, 9.17) is 9.47 Å².